The number of ether oxygens (including phenoxy) is 1. The number of nitrogens with zero attached hydrogens (tertiary/aromatic N) is 4. The Kier molecular flexibility index (Phi) is 6.62. The Hall–Kier alpha value is -3.92. The predicted molar refractivity (Wildman–Crippen MR) is 143 cm³/mol. The minimum Gasteiger partial charge on any atom is -0.492 e. The average molecular weight is 497 g/mol. The van der Waals surface area contributed by atoms with Gasteiger partial charge in [0.15, 0.2) is 0 Å². The van der Waals surface area contributed by atoms with Crippen LogP contribution in [0.3, 0.4) is 0 Å². The zero-order valence-corrected chi connectivity index (χ0v) is 20.6. The lowest BCUT2D eigenvalue weighted by Crippen LogP contribution is -1.96. The molecule has 2 aromatic heterocycles. The molecule has 0 N–H and O–H groups in total. The molecule has 7 heteroatoms. The standard InChI is InChI=1S/C28H21ClN4OS/c1-2-14-34-25-13-12-19(16-23(25)29)27-21(18-33(32-27)22-8-4-3-5-9-22)15-20(17-30)28-31-24-10-6-7-11-26(24)35-28/h3-13,15-16,18H,2,14H2,1H3. The molecule has 172 valence electrons. The highest BCUT2D eigenvalue weighted by atomic mass is 35.5. The van der Waals surface area contributed by atoms with E-state index in [0.29, 0.717) is 33.7 Å². The van der Waals surface area contributed by atoms with Gasteiger partial charge in [-0.1, -0.05) is 48.9 Å². The normalized spacial score (nSPS) is 11.5. The maximum Gasteiger partial charge on any atom is 0.137 e. The van der Waals surface area contributed by atoms with E-state index in [1.165, 1.54) is 11.3 Å². The van der Waals surface area contributed by atoms with Crippen LogP contribution in [0.4, 0.5) is 0 Å². The second-order valence-electron chi connectivity index (χ2n) is 7.86. The van der Waals surface area contributed by atoms with Gasteiger partial charge in [-0.15, -0.1) is 11.3 Å². The zero-order chi connectivity index (χ0) is 24.2. The second kappa shape index (κ2) is 10.1. The van der Waals surface area contributed by atoms with Crippen molar-refractivity contribution in [2.24, 2.45) is 0 Å². The Labute approximate surface area is 212 Å². The summed E-state index contributed by atoms with van der Waals surface area (Å²) in [4.78, 5) is 4.66. The molecule has 0 radical (unpaired) electrons. The molecule has 0 aliphatic carbocycles. The van der Waals surface area contributed by atoms with E-state index in [1.54, 1.807) is 0 Å². The highest BCUT2D eigenvalue weighted by Crippen LogP contribution is 2.34. The van der Waals surface area contributed by atoms with Crippen molar-refractivity contribution < 1.29 is 4.74 Å². The summed E-state index contributed by atoms with van der Waals surface area (Å²) in [6.07, 6.45) is 4.66. The van der Waals surface area contributed by atoms with Crippen LogP contribution in [0.1, 0.15) is 23.9 Å². The van der Waals surface area contributed by atoms with Crippen molar-refractivity contribution in [3.05, 3.63) is 94.6 Å². The third-order valence-corrected chi connectivity index (χ3v) is 6.74. The van der Waals surface area contributed by atoms with Crippen LogP contribution in [0.5, 0.6) is 5.75 Å². The van der Waals surface area contributed by atoms with Gasteiger partial charge in [-0.2, -0.15) is 10.4 Å². The molecule has 0 fully saturated rings. The highest BCUT2D eigenvalue weighted by molar-refractivity contribution is 7.19. The lowest BCUT2D eigenvalue weighted by Gasteiger charge is -2.08. The Morgan fingerprint density at radius 3 is 2.66 bits per heavy atom. The number of thiazole rings is 1. The number of rotatable bonds is 7. The first-order valence-corrected chi connectivity index (χ1v) is 12.4. The summed E-state index contributed by atoms with van der Waals surface area (Å²) >= 11 is 8.03. The van der Waals surface area contributed by atoms with Crippen LogP contribution in [-0.2, 0) is 0 Å². The summed E-state index contributed by atoms with van der Waals surface area (Å²) in [5, 5.41) is 16.0. The van der Waals surface area contributed by atoms with Gasteiger partial charge in [-0.3, -0.25) is 0 Å². The average Bonchev–Trinajstić information content (AvgIpc) is 3.51. The van der Waals surface area contributed by atoms with Crippen LogP contribution in [-0.4, -0.2) is 21.4 Å². The lowest BCUT2D eigenvalue weighted by molar-refractivity contribution is 0.317. The minimum absolute atomic E-state index is 0.481. The predicted octanol–water partition coefficient (Wildman–Crippen LogP) is 7.66. The molecule has 0 spiro atoms. The van der Waals surface area contributed by atoms with Gasteiger partial charge >= 0.3 is 0 Å². The number of nitriles is 1. The van der Waals surface area contributed by atoms with Crippen molar-refractivity contribution in [1.82, 2.24) is 14.8 Å². The van der Waals surface area contributed by atoms with Gasteiger partial charge in [0.1, 0.15) is 22.5 Å². The first-order valence-electron chi connectivity index (χ1n) is 11.2. The van der Waals surface area contributed by atoms with Crippen LogP contribution in [0.15, 0.2) is 79.0 Å². The van der Waals surface area contributed by atoms with E-state index in [0.717, 1.165) is 33.5 Å². The topological polar surface area (TPSA) is 63.7 Å². The summed E-state index contributed by atoms with van der Waals surface area (Å²) in [7, 11) is 0. The van der Waals surface area contributed by atoms with Gasteiger partial charge in [0.05, 0.1) is 33.1 Å². The van der Waals surface area contributed by atoms with E-state index >= 15 is 0 Å². The fourth-order valence-electron chi connectivity index (χ4n) is 3.69. The maximum atomic E-state index is 10.00. The number of hydrogen-bond donors (Lipinski definition) is 0. The quantitative estimate of drug-likeness (QED) is 0.217. The second-order valence-corrected chi connectivity index (χ2v) is 9.30. The van der Waals surface area contributed by atoms with Gasteiger partial charge < -0.3 is 4.74 Å². The smallest absolute Gasteiger partial charge is 0.137 e. The highest BCUT2D eigenvalue weighted by Gasteiger charge is 2.16. The molecule has 5 nitrogen and oxygen atoms in total. The van der Waals surface area contributed by atoms with Gasteiger partial charge in [0, 0.05) is 17.3 Å². The van der Waals surface area contributed by atoms with Crippen molar-refractivity contribution in [2.45, 2.75) is 13.3 Å². The van der Waals surface area contributed by atoms with E-state index in [4.69, 9.17) is 21.4 Å². The van der Waals surface area contributed by atoms with E-state index in [-0.39, 0.29) is 0 Å². The number of para-hydroxylation sites is 2. The molecule has 5 aromatic rings. The van der Waals surface area contributed by atoms with Crippen molar-refractivity contribution in [3.8, 4) is 28.8 Å². The molecule has 35 heavy (non-hydrogen) atoms. The lowest BCUT2D eigenvalue weighted by atomic mass is 10.1. The van der Waals surface area contributed by atoms with Crippen LogP contribution < -0.4 is 4.74 Å². The minimum atomic E-state index is 0.481. The molecular weight excluding hydrogens is 476 g/mol. The van der Waals surface area contributed by atoms with Crippen LogP contribution >= 0.6 is 22.9 Å². The Bertz CT molecular complexity index is 1530. The van der Waals surface area contributed by atoms with Crippen LogP contribution in [0, 0.1) is 11.3 Å². The van der Waals surface area contributed by atoms with Crippen molar-refractivity contribution in [2.75, 3.05) is 6.61 Å². The Morgan fingerprint density at radius 2 is 1.91 bits per heavy atom. The first kappa shape index (κ1) is 22.9. The fraction of sp³-hybridized carbons (Fsp3) is 0.107. The summed E-state index contributed by atoms with van der Waals surface area (Å²) in [5.41, 5.74) is 4.62. The third kappa shape index (κ3) is 4.83. The molecule has 2 heterocycles. The summed E-state index contributed by atoms with van der Waals surface area (Å²) < 4.78 is 8.58. The maximum absolute atomic E-state index is 10.00. The molecule has 5 rings (SSSR count). The van der Waals surface area contributed by atoms with Crippen molar-refractivity contribution in [3.63, 3.8) is 0 Å². The Morgan fingerprint density at radius 1 is 1.11 bits per heavy atom. The number of halogens is 1. The summed E-state index contributed by atoms with van der Waals surface area (Å²) in [5.74, 6) is 0.643. The SMILES string of the molecule is CCCOc1ccc(-c2nn(-c3ccccc3)cc2C=C(C#N)c2nc3ccccc3s2)cc1Cl. The zero-order valence-electron chi connectivity index (χ0n) is 19.0. The Balaban J connectivity index is 1.62. The fourth-order valence-corrected chi connectivity index (χ4v) is 4.86. The van der Waals surface area contributed by atoms with Crippen LogP contribution in [0.2, 0.25) is 5.02 Å². The summed E-state index contributed by atoms with van der Waals surface area (Å²) in [6.45, 7) is 2.65. The third-order valence-electron chi connectivity index (χ3n) is 5.37. The number of aromatic nitrogens is 3. The molecule has 0 saturated carbocycles. The van der Waals surface area contributed by atoms with E-state index in [1.807, 2.05) is 89.8 Å². The molecule has 0 atom stereocenters. The molecule has 0 unspecified atom stereocenters. The van der Waals surface area contributed by atoms with Gasteiger partial charge in [0.25, 0.3) is 0 Å². The first-order chi connectivity index (χ1) is 17.2. The molecule has 0 amide bonds. The monoisotopic (exact) mass is 496 g/mol. The van der Waals surface area contributed by atoms with Crippen LogP contribution in [0.25, 0.3) is 38.8 Å². The molecule has 3 aromatic carbocycles. The van der Waals surface area contributed by atoms with Gasteiger partial charge in [-0.25, -0.2) is 9.67 Å². The number of allylic oxidation sites excluding steroid dienone is 1. The molecule has 0 saturated heterocycles. The molecule has 0 aliphatic rings. The summed E-state index contributed by atoms with van der Waals surface area (Å²) in [6, 6.07) is 25.7. The van der Waals surface area contributed by atoms with Crippen molar-refractivity contribution in [1.29, 1.82) is 5.26 Å². The van der Waals surface area contributed by atoms with E-state index in [2.05, 4.69) is 18.0 Å². The molecular formula is C28H21ClN4OS. The van der Waals surface area contributed by atoms with Gasteiger partial charge in [-0.05, 0) is 55.0 Å². The van der Waals surface area contributed by atoms with Crippen molar-refractivity contribution >= 4 is 44.8 Å². The molecule has 0 aliphatic heterocycles. The van der Waals surface area contributed by atoms with E-state index < -0.39 is 0 Å². The number of fused-ring (bicyclic) bond motifs is 1. The van der Waals surface area contributed by atoms with E-state index in [9.17, 15) is 5.26 Å². The molecule has 0 bridgehead atoms. The number of hydrogen-bond acceptors (Lipinski definition) is 5. The van der Waals surface area contributed by atoms with Gasteiger partial charge in [0.2, 0.25) is 0 Å². The largest absolute Gasteiger partial charge is 0.492 e. The number of benzene rings is 3.